The molecule has 4 nitrogen and oxygen atoms in total. The Balaban J connectivity index is 1.61. The Kier molecular flexibility index (Phi) is 4.90. The maximum Gasteiger partial charge on any atom is 0.248 e. The average molecular weight is 340 g/mol. The molecule has 124 valence electrons. The van der Waals surface area contributed by atoms with Crippen LogP contribution < -0.4 is 11.1 Å². The molecule has 0 saturated heterocycles. The van der Waals surface area contributed by atoms with Crippen LogP contribution in [0, 0.1) is 0 Å². The van der Waals surface area contributed by atoms with E-state index >= 15 is 0 Å². The fourth-order valence-electron chi connectivity index (χ4n) is 2.84. The van der Waals surface area contributed by atoms with Gasteiger partial charge in [0.15, 0.2) is 0 Å². The van der Waals surface area contributed by atoms with Gasteiger partial charge in [-0.1, -0.05) is 6.07 Å². The number of rotatable bonds is 5. The number of hydrogen-bond donors (Lipinski definition) is 2. The summed E-state index contributed by atoms with van der Waals surface area (Å²) in [6.07, 6.45) is 3.52. The fraction of sp³-hybridized carbons (Fsp3) is 0.263. The number of primary amides is 1. The summed E-state index contributed by atoms with van der Waals surface area (Å²) in [6, 6.07) is 13.1. The van der Waals surface area contributed by atoms with E-state index < -0.39 is 5.91 Å². The molecule has 1 atom stereocenters. The van der Waals surface area contributed by atoms with Gasteiger partial charge in [-0.2, -0.15) is 0 Å². The standard InChI is InChI=1S/C19H20N2O2S/c1-12(24-17-10-7-13-3-2-4-15(13)11-17)19(23)21-16-8-5-14(6-9-16)18(20)22/h5-12H,2-4H2,1H3,(H2,20,22)(H,21,23). The van der Waals surface area contributed by atoms with Crippen molar-refractivity contribution in [2.75, 3.05) is 5.32 Å². The molecule has 1 unspecified atom stereocenters. The normalized spacial score (nSPS) is 14.0. The van der Waals surface area contributed by atoms with E-state index in [9.17, 15) is 9.59 Å². The number of carbonyl (C=O) groups is 2. The second kappa shape index (κ2) is 7.09. The Bertz CT molecular complexity index is 771. The van der Waals surface area contributed by atoms with Gasteiger partial charge in [-0.25, -0.2) is 0 Å². The molecule has 2 aromatic rings. The van der Waals surface area contributed by atoms with Crippen molar-refractivity contribution in [3.8, 4) is 0 Å². The molecule has 0 radical (unpaired) electrons. The van der Waals surface area contributed by atoms with E-state index in [0.717, 1.165) is 17.7 Å². The first kappa shape index (κ1) is 16.6. The molecule has 1 aliphatic carbocycles. The number of anilines is 1. The number of nitrogens with one attached hydrogen (secondary N) is 1. The van der Waals surface area contributed by atoms with Crippen LogP contribution >= 0.6 is 11.8 Å². The van der Waals surface area contributed by atoms with Crippen LogP contribution in [0.15, 0.2) is 47.4 Å². The van der Waals surface area contributed by atoms with Crippen molar-refractivity contribution in [2.45, 2.75) is 36.3 Å². The molecule has 0 heterocycles. The second-order valence-corrected chi connectivity index (χ2v) is 7.39. The van der Waals surface area contributed by atoms with Crippen LogP contribution in [0.3, 0.4) is 0 Å². The average Bonchev–Trinajstić information content (AvgIpc) is 3.03. The van der Waals surface area contributed by atoms with E-state index in [1.165, 1.54) is 17.5 Å². The smallest absolute Gasteiger partial charge is 0.248 e. The van der Waals surface area contributed by atoms with Gasteiger partial charge in [-0.05, 0) is 73.7 Å². The highest BCUT2D eigenvalue weighted by Gasteiger charge is 2.17. The van der Waals surface area contributed by atoms with Gasteiger partial charge in [-0.15, -0.1) is 11.8 Å². The van der Waals surface area contributed by atoms with E-state index in [1.54, 1.807) is 36.0 Å². The minimum absolute atomic E-state index is 0.0627. The Morgan fingerprint density at radius 1 is 1.08 bits per heavy atom. The lowest BCUT2D eigenvalue weighted by Crippen LogP contribution is -2.22. The monoisotopic (exact) mass is 340 g/mol. The third-order valence-electron chi connectivity index (χ3n) is 4.19. The first-order valence-electron chi connectivity index (χ1n) is 8.02. The third kappa shape index (κ3) is 3.79. The molecule has 2 amide bonds. The summed E-state index contributed by atoms with van der Waals surface area (Å²) in [6.45, 7) is 1.89. The lowest BCUT2D eigenvalue weighted by atomic mass is 10.1. The fourth-order valence-corrected chi connectivity index (χ4v) is 3.77. The third-order valence-corrected chi connectivity index (χ3v) is 5.28. The summed E-state index contributed by atoms with van der Waals surface area (Å²) >= 11 is 1.56. The number of aryl methyl sites for hydroxylation is 2. The first-order chi connectivity index (χ1) is 11.5. The highest BCUT2D eigenvalue weighted by molar-refractivity contribution is 8.00. The van der Waals surface area contributed by atoms with Crippen LogP contribution in [-0.2, 0) is 17.6 Å². The largest absolute Gasteiger partial charge is 0.366 e. The molecule has 0 fully saturated rings. The molecule has 3 N–H and O–H groups in total. The van der Waals surface area contributed by atoms with Crippen LogP contribution in [0.1, 0.15) is 34.8 Å². The summed E-state index contributed by atoms with van der Waals surface area (Å²) in [5.74, 6) is -0.541. The van der Waals surface area contributed by atoms with Crippen LogP contribution in [0.25, 0.3) is 0 Å². The summed E-state index contributed by atoms with van der Waals surface area (Å²) in [7, 11) is 0. The highest BCUT2D eigenvalue weighted by atomic mass is 32.2. The molecule has 1 aliphatic rings. The van der Waals surface area contributed by atoms with Crippen molar-refractivity contribution in [3.63, 3.8) is 0 Å². The van der Waals surface area contributed by atoms with Crippen molar-refractivity contribution in [3.05, 3.63) is 59.2 Å². The van der Waals surface area contributed by atoms with Crippen molar-refractivity contribution < 1.29 is 9.59 Å². The minimum Gasteiger partial charge on any atom is -0.366 e. The predicted octanol–water partition coefficient (Wildman–Crippen LogP) is 3.39. The van der Waals surface area contributed by atoms with E-state index in [-0.39, 0.29) is 11.2 Å². The number of benzene rings is 2. The number of hydrogen-bond acceptors (Lipinski definition) is 3. The van der Waals surface area contributed by atoms with Gasteiger partial charge >= 0.3 is 0 Å². The maximum absolute atomic E-state index is 12.3. The van der Waals surface area contributed by atoms with Crippen LogP contribution in [-0.4, -0.2) is 17.1 Å². The molecule has 3 rings (SSSR count). The summed E-state index contributed by atoms with van der Waals surface area (Å²) < 4.78 is 0. The Hall–Kier alpha value is -2.27. The zero-order valence-corrected chi connectivity index (χ0v) is 14.4. The number of nitrogens with two attached hydrogens (primary N) is 1. The van der Waals surface area contributed by atoms with Gasteiger partial charge in [0.05, 0.1) is 5.25 Å². The molecule has 0 spiro atoms. The number of fused-ring (bicyclic) bond motifs is 1. The van der Waals surface area contributed by atoms with Gasteiger partial charge in [-0.3, -0.25) is 9.59 Å². The zero-order valence-electron chi connectivity index (χ0n) is 13.5. The first-order valence-corrected chi connectivity index (χ1v) is 8.90. The van der Waals surface area contributed by atoms with E-state index in [2.05, 4.69) is 23.5 Å². The molecule has 0 bridgehead atoms. The molecular weight excluding hydrogens is 320 g/mol. The SMILES string of the molecule is CC(Sc1ccc2c(c1)CCC2)C(=O)Nc1ccc(C(N)=O)cc1. The number of carbonyl (C=O) groups excluding carboxylic acids is 2. The van der Waals surface area contributed by atoms with E-state index in [1.807, 2.05) is 6.92 Å². The quantitative estimate of drug-likeness (QED) is 0.820. The summed E-state index contributed by atoms with van der Waals surface area (Å²) in [4.78, 5) is 24.5. The second-order valence-electron chi connectivity index (χ2n) is 5.98. The van der Waals surface area contributed by atoms with Gasteiger partial charge < -0.3 is 11.1 Å². The van der Waals surface area contributed by atoms with Crippen molar-refractivity contribution in [1.29, 1.82) is 0 Å². The van der Waals surface area contributed by atoms with E-state index in [0.29, 0.717) is 11.3 Å². The molecular formula is C19H20N2O2S. The van der Waals surface area contributed by atoms with Crippen molar-refractivity contribution in [1.82, 2.24) is 0 Å². The molecule has 0 aliphatic heterocycles. The highest BCUT2D eigenvalue weighted by Crippen LogP contribution is 2.30. The van der Waals surface area contributed by atoms with Crippen LogP contribution in [0.4, 0.5) is 5.69 Å². The van der Waals surface area contributed by atoms with Gasteiger partial charge in [0.2, 0.25) is 11.8 Å². The van der Waals surface area contributed by atoms with Crippen molar-refractivity contribution >= 4 is 29.3 Å². The topological polar surface area (TPSA) is 72.2 Å². The zero-order chi connectivity index (χ0) is 17.1. The molecule has 5 heteroatoms. The van der Waals surface area contributed by atoms with Gasteiger partial charge in [0.25, 0.3) is 0 Å². The molecule has 0 aromatic heterocycles. The number of thioether (sulfide) groups is 1. The maximum atomic E-state index is 12.3. The molecule has 24 heavy (non-hydrogen) atoms. The van der Waals surface area contributed by atoms with Crippen molar-refractivity contribution in [2.24, 2.45) is 5.73 Å². The lowest BCUT2D eigenvalue weighted by molar-refractivity contribution is -0.115. The van der Waals surface area contributed by atoms with Gasteiger partial charge in [0.1, 0.15) is 0 Å². The van der Waals surface area contributed by atoms with Crippen LogP contribution in [0.5, 0.6) is 0 Å². The Labute approximate surface area is 145 Å². The number of amides is 2. The summed E-state index contributed by atoms with van der Waals surface area (Å²) in [5.41, 5.74) is 9.14. The van der Waals surface area contributed by atoms with Crippen LogP contribution in [0.2, 0.25) is 0 Å². The van der Waals surface area contributed by atoms with Gasteiger partial charge in [0, 0.05) is 16.1 Å². The Morgan fingerprint density at radius 3 is 2.50 bits per heavy atom. The van der Waals surface area contributed by atoms with E-state index in [4.69, 9.17) is 5.73 Å². The predicted molar refractivity (Wildman–Crippen MR) is 97.4 cm³/mol. The molecule has 0 saturated carbocycles. The Morgan fingerprint density at radius 2 is 1.79 bits per heavy atom. The summed E-state index contributed by atoms with van der Waals surface area (Å²) in [5, 5.41) is 2.66. The molecule has 2 aromatic carbocycles. The lowest BCUT2D eigenvalue weighted by Gasteiger charge is -2.13. The minimum atomic E-state index is -0.478.